The molecule has 0 aliphatic rings. The molecule has 0 aromatic heterocycles. The van der Waals surface area contributed by atoms with E-state index in [1.807, 2.05) is 54.6 Å². The maximum Gasteiger partial charge on any atom is 0.407 e. The van der Waals surface area contributed by atoms with Crippen molar-refractivity contribution in [2.45, 2.75) is 19.6 Å². The second-order valence-electron chi connectivity index (χ2n) is 4.89. The Labute approximate surface area is 134 Å². The van der Waals surface area contributed by atoms with Crippen molar-refractivity contribution in [3.05, 3.63) is 81.7 Å². The third kappa shape index (κ3) is 5.73. The SMILES string of the molecule is [N-]=[N+]=NCCc1ccccc1CNC(=O)OCc1ccccc1. The molecule has 0 bridgehead atoms. The molecular formula is C17H18N4O2. The van der Waals surface area contributed by atoms with Crippen LogP contribution in [-0.4, -0.2) is 12.6 Å². The van der Waals surface area contributed by atoms with Crippen molar-refractivity contribution in [1.82, 2.24) is 5.32 Å². The van der Waals surface area contributed by atoms with E-state index in [0.29, 0.717) is 19.5 Å². The van der Waals surface area contributed by atoms with Gasteiger partial charge in [-0.3, -0.25) is 0 Å². The van der Waals surface area contributed by atoms with Gasteiger partial charge in [-0.25, -0.2) is 4.79 Å². The molecule has 0 saturated carbocycles. The number of amides is 1. The first kappa shape index (κ1) is 16.4. The Bertz CT molecular complexity index is 682. The molecule has 0 atom stereocenters. The highest BCUT2D eigenvalue weighted by Crippen LogP contribution is 2.10. The van der Waals surface area contributed by atoms with Gasteiger partial charge < -0.3 is 10.1 Å². The fourth-order valence-electron chi connectivity index (χ4n) is 2.13. The summed E-state index contributed by atoms with van der Waals surface area (Å²) in [5.74, 6) is 0. The van der Waals surface area contributed by atoms with Crippen molar-refractivity contribution in [2.24, 2.45) is 5.11 Å². The summed E-state index contributed by atoms with van der Waals surface area (Å²) in [6.07, 6.45) is 0.180. The van der Waals surface area contributed by atoms with Gasteiger partial charge in [-0.05, 0) is 28.6 Å². The number of hydrogen-bond acceptors (Lipinski definition) is 3. The molecule has 23 heavy (non-hydrogen) atoms. The van der Waals surface area contributed by atoms with Gasteiger partial charge in [0.25, 0.3) is 0 Å². The molecule has 2 aromatic rings. The van der Waals surface area contributed by atoms with Gasteiger partial charge in [0.05, 0.1) is 0 Å². The molecular weight excluding hydrogens is 292 g/mol. The average molecular weight is 310 g/mol. The maximum absolute atomic E-state index is 11.8. The first-order valence-electron chi connectivity index (χ1n) is 7.32. The fraction of sp³-hybridized carbons (Fsp3) is 0.235. The third-order valence-electron chi connectivity index (χ3n) is 3.30. The van der Waals surface area contributed by atoms with Gasteiger partial charge in [0, 0.05) is 18.0 Å². The van der Waals surface area contributed by atoms with Crippen molar-refractivity contribution in [3.8, 4) is 0 Å². The van der Waals surface area contributed by atoms with Crippen molar-refractivity contribution in [2.75, 3.05) is 6.54 Å². The van der Waals surface area contributed by atoms with Gasteiger partial charge in [-0.15, -0.1) is 0 Å². The highest BCUT2D eigenvalue weighted by Gasteiger charge is 2.05. The molecule has 0 heterocycles. The molecule has 0 saturated heterocycles. The van der Waals surface area contributed by atoms with E-state index in [-0.39, 0.29) is 6.61 Å². The van der Waals surface area contributed by atoms with E-state index in [1.165, 1.54) is 0 Å². The van der Waals surface area contributed by atoms with Crippen LogP contribution in [0.1, 0.15) is 16.7 Å². The number of carbonyl (C=O) groups excluding carboxylic acids is 1. The van der Waals surface area contributed by atoms with Crippen LogP contribution in [0, 0.1) is 0 Å². The van der Waals surface area contributed by atoms with Crippen molar-refractivity contribution >= 4 is 6.09 Å². The molecule has 1 amide bonds. The van der Waals surface area contributed by atoms with Crippen LogP contribution in [0.3, 0.4) is 0 Å². The summed E-state index contributed by atoms with van der Waals surface area (Å²) in [6, 6.07) is 17.2. The Hall–Kier alpha value is -2.98. The van der Waals surface area contributed by atoms with E-state index in [9.17, 15) is 4.79 Å². The first-order chi connectivity index (χ1) is 11.3. The summed E-state index contributed by atoms with van der Waals surface area (Å²) in [6.45, 7) is 1.01. The quantitative estimate of drug-likeness (QED) is 0.476. The minimum Gasteiger partial charge on any atom is -0.445 e. The van der Waals surface area contributed by atoms with Gasteiger partial charge >= 0.3 is 6.09 Å². The predicted octanol–water partition coefficient (Wildman–Crippen LogP) is 3.97. The molecule has 2 rings (SSSR count). The number of azide groups is 1. The zero-order valence-electron chi connectivity index (χ0n) is 12.7. The highest BCUT2D eigenvalue weighted by molar-refractivity contribution is 5.67. The van der Waals surface area contributed by atoms with Crippen LogP contribution in [0.25, 0.3) is 10.4 Å². The summed E-state index contributed by atoms with van der Waals surface area (Å²) < 4.78 is 5.17. The fourth-order valence-corrected chi connectivity index (χ4v) is 2.13. The average Bonchev–Trinajstić information content (AvgIpc) is 2.60. The predicted molar refractivity (Wildman–Crippen MR) is 87.6 cm³/mol. The van der Waals surface area contributed by atoms with Crippen molar-refractivity contribution in [1.29, 1.82) is 0 Å². The Morgan fingerprint density at radius 2 is 1.78 bits per heavy atom. The van der Waals surface area contributed by atoms with Gasteiger partial charge in [0.2, 0.25) is 0 Å². The van der Waals surface area contributed by atoms with E-state index in [0.717, 1.165) is 16.7 Å². The number of nitrogens with zero attached hydrogens (tertiary/aromatic N) is 3. The van der Waals surface area contributed by atoms with Crippen molar-refractivity contribution in [3.63, 3.8) is 0 Å². The minimum absolute atomic E-state index is 0.241. The van der Waals surface area contributed by atoms with Crippen LogP contribution < -0.4 is 5.32 Å². The number of alkyl carbamates (subject to hydrolysis) is 1. The zero-order valence-corrected chi connectivity index (χ0v) is 12.7. The number of hydrogen-bond donors (Lipinski definition) is 1. The smallest absolute Gasteiger partial charge is 0.407 e. The van der Waals surface area contributed by atoms with E-state index >= 15 is 0 Å². The number of nitrogens with one attached hydrogen (secondary N) is 1. The normalized spacial score (nSPS) is 9.74. The largest absolute Gasteiger partial charge is 0.445 e. The van der Waals surface area contributed by atoms with Gasteiger partial charge in [0.15, 0.2) is 0 Å². The van der Waals surface area contributed by atoms with E-state index in [4.69, 9.17) is 10.3 Å². The minimum atomic E-state index is -0.460. The van der Waals surface area contributed by atoms with E-state index < -0.39 is 6.09 Å². The van der Waals surface area contributed by atoms with E-state index in [2.05, 4.69) is 15.3 Å². The van der Waals surface area contributed by atoms with Crippen LogP contribution in [-0.2, 0) is 24.3 Å². The summed E-state index contributed by atoms with van der Waals surface area (Å²) in [4.78, 5) is 14.5. The lowest BCUT2D eigenvalue weighted by atomic mass is 10.0. The van der Waals surface area contributed by atoms with Crippen LogP contribution in [0.2, 0.25) is 0 Å². The maximum atomic E-state index is 11.8. The monoisotopic (exact) mass is 310 g/mol. The Morgan fingerprint density at radius 1 is 1.09 bits per heavy atom. The number of carbonyl (C=O) groups is 1. The molecule has 0 unspecified atom stereocenters. The Morgan fingerprint density at radius 3 is 2.52 bits per heavy atom. The third-order valence-corrected chi connectivity index (χ3v) is 3.30. The summed E-state index contributed by atoms with van der Waals surface area (Å²) in [5, 5.41) is 6.27. The number of ether oxygens (including phenoxy) is 1. The lowest BCUT2D eigenvalue weighted by Crippen LogP contribution is -2.24. The second-order valence-corrected chi connectivity index (χ2v) is 4.89. The molecule has 1 N–H and O–H groups in total. The number of rotatable bonds is 7. The lowest BCUT2D eigenvalue weighted by molar-refractivity contribution is 0.139. The molecule has 6 heteroatoms. The van der Waals surface area contributed by atoms with E-state index in [1.54, 1.807) is 0 Å². The van der Waals surface area contributed by atoms with Crippen LogP contribution in [0.15, 0.2) is 59.7 Å². The Balaban J connectivity index is 1.83. The second kappa shape index (κ2) is 9.12. The van der Waals surface area contributed by atoms with Crippen LogP contribution in [0.4, 0.5) is 4.79 Å². The summed E-state index contributed by atoms with van der Waals surface area (Å²) in [5.41, 5.74) is 11.3. The zero-order chi connectivity index (χ0) is 16.3. The van der Waals surface area contributed by atoms with Crippen LogP contribution in [0.5, 0.6) is 0 Å². The van der Waals surface area contributed by atoms with Gasteiger partial charge in [0.1, 0.15) is 6.61 Å². The number of benzene rings is 2. The first-order valence-corrected chi connectivity index (χ1v) is 7.32. The molecule has 0 aliphatic heterocycles. The van der Waals surface area contributed by atoms with Gasteiger partial charge in [-0.1, -0.05) is 59.7 Å². The lowest BCUT2D eigenvalue weighted by Gasteiger charge is -2.10. The molecule has 0 radical (unpaired) electrons. The molecule has 6 nitrogen and oxygen atoms in total. The topological polar surface area (TPSA) is 87.1 Å². The molecule has 0 fully saturated rings. The molecule has 0 spiro atoms. The molecule has 0 aliphatic carbocycles. The highest BCUT2D eigenvalue weighted by atomic mass is 16.5. The van der Waals surface area contributed by atoms with Crippen molar-refractivity contribution < 1.29 is 9.53 Å². The molecule has 118 valence electrons. The molecule has 2 aromatic carbocycles. The Kier molecular flexibility index (Phi) is 6.50. The van der Waals surface area contributed by atoms with Gasteiger partial charge in [-0.2, -0.15) is 0 Å². The summed E-state index contributed by atoms with van der Waals surface area (Å²) in [7, 11) is 0. The summed E-state index contributed by atoms with van der Waals surface area (Å²) >= 11 is 0. The van der Waals surface area contributed by atoms with Crippen LogP contribution >= 0.6 is 0 Å². The standard InChI is InChI=1S/C17H18N4O2/c18-21-20-11-10-15-8-4-5-9-16(15)12-19-17(22)23-13-14-6-2-1-3-7-14/h1-9H,10-13H2,(H,19,22).